The molecule has 0 saturated carbocycles. The topological polar surface area (TPSA) is 68.0 Å². The third-order valence-electron chi connectivity index (χ3n) is 3.70. The second-order valence-corrected chi connectivity index (χ2v) is 5.10. The molecule has 110 valence electrons. The first kappa shape index (κ1) is 14.7. The zero-order valence-electron chi connectivity index (χ0n) is 11.6. The molecular weight excluding hydrogens is 246 g/mol. The maximum Gasteiger partial charge on any atom is 0.254 e. The summed E-state index contributed by atoms with van der Waals surface area (Å²) in [6, 6.07) is 0. The van der Waals surface area contributed by atoms with Crippen LogP contribution >= 0.6 is 0 Å². The second kappa shape index (κ2) is 7.79. The molecule has 1 amide bonds. The number of hydrogen-bond donors (Lipinski definition) is 1. The van der Waals surface area contributed by atoms with Crippen LogP contribution in [-0.4, -0.2) is 80.9 Å². The molecule has 0 aromatic rings. The fourth-order valence-electron chi connectivity index (χ4n) is 2.51. The van der Waals surface area contributed by atoms with Crippen LogP contribution in [0.2, 0.25) is 0 Å². The van der Waals surface area contributed by atoms with Crippen molar-refractivity contribution in [3.63, 3.8) is 0 Å². The summed E-state index contributed by atoms with van der Waals surface area (Å²) in [6.45, 7) is 6.85. The Hall–Kier alpha value is -0.690. The predicted octanol–water partition coefficient (Wildman–Crippen LogP) is -0.715. The molecule has 0 aromatic carbocycles. The summed E-state index contributed by atoms with van der Waals surface area (Å²) in [7, 11) is 0. The molecule has 2 aliphatic heterocycles. The van der Waals surface area contributed by atoms with Gasteiger partial charge >= 0.3 is 0 Å². The molecule has 0 aliphatic carbocycles. The standard InChI is InChI=1S/C13H25N3O3/c14-3-1-2-4-15-5-7-16(8-6-15)13(17)12-11-18-9-10-19-12/h12H,1-11,14H2. The van der Waals surface area contributed by atoms with Gasteiger partial charge in [-0.3, -0.25) is 9.69 Å². The highest BCUT2D eigenvalue weighted by molar-refractivity contribution is 5.81. The van der Waals surface area contributed by atoms with Crippen molar-refractivity contribution in [2.45, 2.75) is 18.9 Å². The third kappa shape index (κ3) is 4.42. The lowest BCUT2D eigenvalue weighted by Crippen LogP contribution is -2.53. The molecule has 2 heterocycles. The Morgan fingerprint density at radius 2 is 1.95 bits per heavy atom. The minimum Gasteiger partial charge on any atom is -0.376 e. The van der Waals surface area contributed by atoms with E-state index in [1.807, 2.05) is 4.90 Å². The number of ether oxygens (including phenoxy) is 2. The van der Waals surface area contributed by atoms with Gasteiger partial charge in [0.2, 0.25) is 0 Å². The first-order valence-corrected chi connectivity index (χ1v) is 7.22. The number of carbonyl (C=O) groups is 1. The van der Waals surface area contributed by atoms with Crippen molar-refractivity contribution in [1.82, 2.24) is 9.80 Å². The van der Waals surface area contributed by atoms with Gasteiger partial charge in [0.1, 0.15) is 0 Å². The normalized spacial score (nSPS) is 25.5. The van der Waals surface area contributed by atoms with E-state index in [1.165, 1.54) is 0 Å². The van der Waals surface area contributed by atoms with E-state index in [0.29, 0.717) is 19.8 Å². The van der Waals surface area contributed by atoms with Crippen LogP contribution in [0.15, 0.2) is 0 Å². The molecule has 0 radical (unpaired) electrons. The molecule has 2 aliphatic rings. The molecule has 6 heteroatoms. The molecule has 2 fully saturated rings. The van der Waals surface area contributed by atoms with Crippen LogP contribution < -0.4 is 5.73 Å². The number of piperazine rings is 1. The van der Waals surface area contributed by atoms with Crippen molar-refractivity contribution in [2.24, 2.45) is 5.73 Å². The Kier molecular flexibility index (Phi) is 6.03. The zero-order chi connectivity index (χ0) is 13.5. The van der Waals surface area contributed by atoms with E-state index in [2.05, 4.69) is 4.90 Å². The summed E-state index contributed by atoms with van der Waals surface area (Å²) >= 11 is 0. The molecule has 2 rings (SSSR count). The quantitative estimate of drug-likeness (QED) is 0.669. The summed E-state index contributed by atoms with van der Waals surface area (Å²) in [5.41, 5.74) is 5.49. The number of hydrogen-bond acceptors (Lipinski definition) is 5. The van der Waals surface area contributed by atoms with E-state index in [1.54, 1.807) is 0 Å². The highest BCUT2D eigenvalue weighted by atomic mass is 16.6. The van der Waals surface area contributed by atoms with Crippen LogP contribution in [0, 0.1) is 0 Å². The Bertz CT molecular complexity index is 274. The van der Waals surface area contributed by atoms with Gasteiger partial charge in [0.05, 0.1) is 19.8 Å². The van der Waals surface area contributed by atoms with Gasteiger partial charge in [0.15, 0.2) is 6.10 Å². The van der Waals surface area contributed by atoms with E-state index in [9.17, 15) is 4.79 Å². The Morgan fingerprint density at radius 1 is 1.16 bits per heavy atom. The monoisotopic (exact) mass is 271 g/mol. The fourth-order valence-corrected chi connectivity index (χ4v) is 2.51. The number of amides is 1. The maximum absolute atomic E-state index is 12.2. The molecule has 19 heavy (non-hydrogen) atoms. The summed E-state index contributed by atoms with van der Waals surface area (Å²) < 4.78 is 10.7. The van der Waals surface area contributed by atoms with Gasteiger partial charge in [-0.15, -0.1) is 0 Å². The average molecular weight is 271 g/mol. The molecule has 1 unspecified atom stereocenters. The van der Waals surface area contributed by atoms with Crippen molar-refractivity contribution in [3.8, 4) is 0 Å². The SMILES string of the molecule is NCCCCN1CCN(C(=O)C2COCCO2)CC1. The van der Waals surface area contributed by atoms with Crippen LogP contribution in [0.1, 0.15) is 12.8 Å². The molecule has 2 N–H and O–H groups in total. The van der Waals surface area contributed by atoms with Gasteiger partial charge in [-0.1, -0.05) is 0 Å². The number of rotatable bonds is 5. The van der Waals surface area contributed by atoms with Crippen LogP contribution in [0.25, 0.3) is 0 Å². The summed E-state index contributed by atoms with van der Waals surface area (Å²) in [6.07, 6.45) is 1.83. The van der Waals surface area contributed by atoms with Gasteiger partial charge in [0.25, 0.3) is 5.91 Å². The highest BCUT2D eigenvalue weighted by Crippen LogP contribution is 2.09. The fraction of sp³-hybridized carbons (Fsp3) is 0.923. The zero-order valence-corrected chi connectivity index (χ0v) is 11.6. The number of carbonyl (C=O) groups excluding carboxylic acids is 1. The van der Waals surface area contributed by atoms with Crippen molar-refractivity contribution < 1.29 is 14.3 Å². The van der Waals surface area contributed by atoms with Crippen molar-refractivity contribution in [3.05, 3.63) is 0 Å². The molecule has 0 spiro atoms. The van der Waals surface area contributed by atoms with Crippen LogP contribution in [0.5, 0.6) is 0 Å². The summed E-state index contributed by atoms with van der Waals surface area (Å²) in [5, 5.41) is 0. The van der Waals surface area contributed by atoms with Gasteiger partial charge in [-0.25, -0.2) is 0 Å². The molecule has 6 nitrogen and oxygen atoms in total. The first-order valence-electron chi connectivity index (χ1n) is 7.22. The van der Waals surface area contributed by atoms with Gasteiger partial charge in [-0.2, -0.15) is 0 Å². The lowest BCUT2D eigenvalue weighted by atomic mass is 10.2. The van der Waals surface area contributed by atoms with Crippen LogP contribution in [0.3, 0.4) is 0 Å². The van der Waals surface area contributed by atoms with Gasteiger partial charge in [0, 0.05) is 26.2 Å². The van der Waals surface area contributed by atoms with Crippen LogP contribution in [-0.2, 0) is 14.3 Å². The average Bonchev–Trinajstić information content (AvgIpc) is 2.48. The lowest BCUT2D eigenvalue weighted by Gasteiger charge is -2.36. The maximum atomic E-state index is 12.2. The first-order chi connectivity index (χ1) is 9.31. The van der Waals surface area contributed by atoms with E-state index < -0.39 is 6.10 Å². The smallest absolute Gasteiger partial charge is 0.254 e. The lowest BCUT2D eigenvalue weighted by molar-refractivity contribution is -0.159. The van der Waals surface area contributed by atoms with E-state index >= 15 is 0 Å². The predicted molar refractivity (Wildman–Crippen MR) is 71.9 cm³/mol. The van der Waals surface area contributed by atoms with Gasteiger partial charge in [-0.05, 0) is 25.9 Å². The van der Waals surface area contributed by atoms with Crippen molar-refractivity contribution in [2.75, 3.05) is 59.1 Å². The van der Waals surface area contributed by atoms with Crippen molar-refractivity contribution in [1.29, 1.82) is 0 Å². The summed E-state index contributed by atoms with van der Waals surface area (Å²) in [4.78, 5) is 16.5. The highest BCUT2D eigenvalue weighted by Gasteiger charge is 2.29. The molecule has 0 aromatic heterocycles. The van der Waals surface area contributed by atoms with Crippen LogP contribution in [0.4, 0.5) is 0 Å². The van der Waals surface area contributed by atoms with Crippen molar-refractivity contribution >= 4 is 5.91 Å². The molecular formula is C13H25N3O3. The third-order valence-corrected chi connectivity index (χ3v) is 3.70. The van der Waals surface area contributed by atoms with E-state index in [4.69, 9.17) is 15.2 Å². The summed E-state index contributed by atoms with van der Waals surface area (Å²) in [5.74, 6) is 0.0845. The largest absolute Gasteiger partial charge is 0.376 e. The van der Waals surface area contributed by atoms with E-state index in [0.717, 1.165) is 52.1 Å². The molecule has 1 atom stereocenters. The second-order valence-electron chi connectivity index (χ2n) is 5.10. The minimum atomic E-state index is -0.391. The number of unbranched alkanes of at least 4 members (excludes halogenated alkanes) is 1. The Labute approximate surface area is 114 Å². The molecule has 2 saturated heterocycles. The molecule has 0 bridgehead atoms. The Balaban J connectivity index is 1.68. The number of nitrogens with zero attached hydrogens (tertiary/aromatic N) is 2. The Morgan fingerprint density at radius 3 is 2.58 bits per heavy atom. The van der Waals surface area contributed by atoms with E-state index in [-0.39, 0.29) is 5.91 Å². The minimum absolute atomic E-state index is 0.0845. The number of nitrogens with two attached hydrogens (primary N) is 1. The van der Waals surface area contributed by atoms with Gasteiger partial charge < -0.3 is 20.1 Å².